The van der Waals surface area contributed by atoms with Crippen LogP contribution in [0.5, 0.6) is 0 Å². The van der Waals surface area contributed by atoms with Crippen molar-refractivity contribution in [2.24, 2.45) is 11.7 Å². The van der Waals surface area contributed by atoms with Crippen molar-refractivity contribution in [3.05, 3.63) is 51.7 Å². The summed E-state index contributed by atoms with van der Waals surface area (Å²) < 4.78 is 12.9. The Labute approximate surface area is 137 Å². The fourth-order valence-electron chi connectivity index (χ4n) is 2.06. The number of benzene rings is 1. The predicted molar refractivity (Wildman–Crippen MR) is 86.6 cm³/mol. The van der Waals surface area contributed by atoms with Gasteiger partial charge in [0.1, 0.15) is 10.7 Å². The normalized spacial score (nSPS) is 11.9. The number of nitrogens with zero attached hydrogens (tertiary/aromatic N) is 1. The van der Waals surface area contributed by atoms with Crippen LogP contribution in [-0.4, -0.2) is 23.3 Å². The zero-order valence-corrected chi connectivity index (χ0v) is 13.5. The lowest BCUT2D eigenvalue weighted by Crippen LogP contribution is -2.37. The van der Waals surface area contributed by atoms with Crippen LogP contribution >= 0.6 is 11.3 Å². The number of amides is 2. The van der Waals surface area contributed by atoms with E-state index in [2.05, 4.69) is 10.3 Å². The van der Waals surface area contributed by atoms with Gasteiger partial charge in [-0.25, -0.2) is 9.37 Å². The third-order valence-corrected chi connectivity index (χ3v) is 4.53. The van der Waals surface area contributed by atoms with E-state index < -0.39 is 11.8 Å². The topological polar surface area (TPSA) is 85.1 Å². The number of rotatable bonds is 7. The molecule has 0 radical (unpaired) electrons. The standard InChI is InChI=1S/C16H18FN3O2S/c1-2-14-19-9-13(23-14)16(22)20-8-11(15(18)21)7-10-3-5-12(17)6-4-10/h3-6,9,11H,2,7-8H2,1H3,(H2,18,21)(H,20,22)/t11-/m1/s1. The highest BCUT2D eigenvalue weighted by atomic mass is 32.1. The molecule has 0 bridgehead atoms. The van der Waals surface area contributed by atoms with Gasteiger partial charge in [-0.15, -0.1) is 11.3 Å². The smallest absolute Gasteiger partial charge is 0.263 e. The molecular formula is C16H18FN3O2S. The van der Waals surface area contributed by atoms with Crippen LogP contribution in [0.1, 0.15) is 27.2 Å². The summed E-state index contributed by atoms with van der Waals surface area (Å²) in [6, 6.07) is 5.86. The molecule has 0 aliphatic carbocycles. The number of primary amides is 1. The molecule has 0 fully saturated rings. The fourth-order valence-corrected chi connectivity index (χ4v) is 2.83. The van der Waals surface area contributed by atoms with Gasteiger partial charge in [0.2, 0.25) is 5.91 Å². The van der Waals surface area contributed by atoms with Gasteiger partial charge in [-0.3, -0.25) is 9.59 Å². The number of aromatic nitrogens is 1. The number of aryl methyl sites for hydroxylation is 1. The minimum Gasteiger partial charge on any atom is -0.369 e. The van der Waals surface area contributed by atoms with Crippen molar-refractivity contribution in [2.75, 3.05) is 6.54 Å². The van der Waals surface area contributed by atoms with E-state index >= 15 is 0 Å². The second-order valence-corrected chi connectivity index (χ2v) is 6.23. The van der Waals surface area contributed by atoms with Crippen molar-refractivity contribution >= 4 is 23.2 Å². The molecule has 23 heavy (non-hydrogen) atoms. The van der Waals surface area contributed by atoms with E-state index in [-0.39, 0.29) is 18.3 Å². The largest absolute Gasteiger partial charge is 0.369 e. The van der Waals surface area contributed by atoms with Crippen LogP contribution in [0.3, 0.4) is 0 Å². The highest BCUT2D eigenvalue weighted by Gasteiger charge is 2.18. The molecule has 2 aromatic rings. The van der Waals surface area contributed by atoms with Gasteiger partial charge < -0.3 is 11.1 Å². The summed E-state index contributed by atoms with van der Waals surface area (Å²) in [5, 5.41) is 3.59. The van der Waals surface area contributed by atoms with E-state index in [0.29, 0.717) is 11.3 Å². The first-order valence-electron chi connectivity index (χ1n) is 7.26. The van der Waals surface area contributed by atoms with Crippen LogP contribution in [0.25, 0.3) is 0 Å². The third kappa shape index (κ3) is 4.85. The van der Waals surface area contributed by atoms with Gasteiger partial charge in [-0.2, -0.15) is 0 Å². The molecule has 1 aromatic heterocycles. The van der Waals surface area contributed by atoms with Gasteiger partial charge in [0.25, 0.3) is 5.91 Å². The molecule has 0 spiro atoms. The summed E-state index contributed by atoms with van der Waals surface area (Å²) in [5.41, 5.74) is 6.18. The number of carbonyl (C=O) groups excluding carboxylic acids is 2. The molecule has 5 nitrogen and oxygen atoms in total. The molecule has 0 aliphatic heterocycles. The molecule has 2 amide bonds. The van der Waals surface area contributed by atoms with Crippen LogP contribution in [0.4, 0.5) is 4.39 Å². The number of halogens is 1. The molecular weight excluding hydrogens is 317 g/mol. The Hall–Kier alpha value is -2.28. The minimum absolute atomic E-state index is 0.130. The maximum atomic E-state index is 12.9. The van der Waals surface area contributed by atoms with Crippen molar-refractivity contribution in [3.63, 3.8) is 0 Å². The SMILES string of the molecule is CCc1ncc(C(=O)NC[C@@H](Cc2ccc(F)cc2)C(N)=O)s1. The Bertz CT molecular complexity index is 685. The molecule has 2 rings (SSSR count). The summed E-state index contributed by atoms with van der Waals surface area (Å²) in [4.78, 5) is 28.2. The van der Waals surface area contributed by atoms with E-state index in [0.717, 1.165) is 17.0 Å². The summed E-state index contributed by atoms with van der Waals surface area (Å²) in [6.45, 7) is 2.09. The number of thiazole rings is 1. The number of hydrogen-bond donors (Lipinski definition) is 2. The number of carbonyl (C=O) groups is 2. The lowest BCUT2D eigenvalue weighted by molar-refractivity contribution is -0.121. The summed E-state index contributed by atoms with van der Waals surface area (Å²) in [5.74, 6) is -1.67. The molecule has 1 heterocycles. The van der Waals surface area contributed by atoms with Crippen molar-refractivity contribution in [2.45, 2.75) is 19.8 Å². The Morgan fingerprint density at radius 1 is 1.35 bits per heavy atom. The Balaban J connectivity index is 1.95. The van der Waals surface area contributed by atoms with E-state index in [1.54, 1.807) is 12.1 Å². The third-order valence-electron chi connectivity index (χ3n) is 3.39. The second-order valence-electron chi connectivity index (χ2n) is 5.11. The maximum Gasteiger partial charge on any atom is 0.263 e. The average molecular weight is 335 g/mol. The van der Waals surface area contributed by atoms with Crippen LogP contribution in [0.2, 0.25) is 0 Å². The van der Waals surface area contributed by atoms with Crippen LogP contribution in [0, 0.1) is 11.7 Å². The summed E-state index contributed by atoms with van der Waals surface area (Å²) >= 11 is 1.33. The van der Waals surface area contributed by atoms with Crippen LogP contribution in [0.15, 0.2) is 30.5 Å². The number of nitrogens with two attached hydrogens (primary N) is 1. The Kier molecular flexibility index (Phi) is 5.81. The van der Waals surface area contributed by atoms with Gasteiger partial charge in [0.15, 0.2) is 0 Å². The molecule has 0 aliphatic rings. The van der Waals surface area contributed by atoms with Gasteiger partial charge in [-0.05, 0) is 30.5 Å². The maximum absolute atomic E-state index is 12.9. The fraction of sp³-hybridized carbons (Fsp3) is 0.312. The Morgan fingerprint density at radius 2 is 2.04 bits per heavy atom. The minimum atomic E-state index is -0.553. The number of hydrogen-bond acceptors (Lipinski definition) is 4. The van der Waals surface area contributed by atoms with E-state index in [1.807, 2.05) is 6.92 Å². The van der Waals surface area contributed by atoms with Crippen LogP contribution in [-0.2, 0) is 17.6 Å². The summed E-state index contributed by atoms with van der Waals surface area (Å²) in [7, 11) is 0. The van der Waals surface area contributed by atoms with Crippen molar-refractivity contribution in [3.8, 4) is 0 Å². The zero-order chi connectivity index (χ0) is 16.8. The molecule has 0 saturated carbocycles. The van der Waals surface area contributed by atoms with Gasteiger partial charge in [-0.1, -0.05) is 19.1 Å². The lowest BCUT2D eigenvalue weighted by atomic mass is 9.98. The molecule has 0 saturated heterocycles. The second kappa shape index (κ2) is 7.82. The highest BCUT2D eigenvalue weighted by Crippen LogP contribution is 2.14. The predicted octanol–water partition coefficient (Wildman–Crippen LogP) is 1.92. The molecule has 0 unspecified atom stereocenters. The van der Waals surface area contributed by atoms with E-state index in [9.17, 15) is 14.0 Å². The first-order valence-corrected chi connectivity index (χ1v) is 8.08. The first-order chi connectivity index (χ1) is 11.0. The van der Waals surface area contributed by atoms with Gasteiger partial charge in [0.05, 0.1) is 17.1 Å². The lowest BCUT2D eigenvalue weighted by Gasteiger charge is -2.14. The number of nitrogens with one attached hydrogen (secondary N) is 1. The van der Waals surface area contributed by atoms with Crippen molar-refractivity contribution in [1.82, 2.24) is 10.3 Å². The van der Waals surface area contributed by atoms with E-state index in [1.165, 1.54) is 29.7 Å². The van der Waals surface area contributed by atoms with Gasteiger partial charge >= 0.3 is 0 Å². The van der Waals surface area contributed by atoms with Gasteiger partial charge in [0, 0.05) is 6.54 Å². The Morgan fingerprint density at radius 3 is 2.61 bits per heavy atom. The van der Waals surface area contributed by atoms with Crippen LogP contribution < -0.4 is 11.1 Å². The van der Waals surface area contributed by atoms with Crippen molar-refractivity contribution < 1.29 is 14.0 Å². The first kappa shape index (κ1) is 17.1. The molecule has 1 atom stereocenters. The quantitative estimate of drug-likeness (QED) is 0.810. The molecule has 122 valence electrons. The zero-order valence-electron chi connectivity index (χ0n) is 12.7. The summed E-state index contributed by atoms with van der Waals surface area (Å²) in [6.07, 6.45) is 2.64. The molecule has 7 heteroatoms. The molecule has 1 aromatic carbocycles. The average Bonchev–Trinajstić information content (AvgIpc) is 3.01. The molecule has 3 N–H and O–H groups in total. The monoisotopic (exact) mass is 335 g/mol. The van der Waals surface area contributed by atoms with E-state index in [4.69, 9.17) is 5.73 Å². The highest BCUT2D eigenvalue weighted by molar-refractivity contribution is 7.13. The van der Waals surface area contributed by atoms with Crippen molar-refractivity contribution in [1.29, 1.82) is 0 Å².